The van der Waals surface area contributed by atoms with Gasteiger partial charge in [0.05, 0.1) is 0 Å². The maximum Gasteiger partial charge on any atom is 0.834 e. The predicted molar refractivity (Wildman–Crippen MR) is 31.2 cm³/mol. The molecule has 0 amide bonds. The Morgan fingerprint density at radius 1 is 0.812 bits per heavy atom. The van der Waals surface area contributed by atoms with E-state index in [4.69, 9.17) is 0 Å². The molecule has 0 saturated carbocycles. The van der Waals surface area contributed by atoms with Crippen molar-refractivity contribution in [1.29, 1.82) is 0 Å². The van der Waals surface area contributed by atoms with Crippen LogP contribution in [0.15, 0.2) is 0 Å². The normalized spacial score (nSPS) is 11.9. The minimum atomic E-state index is -5.62. The first-order chi connectivity index (χ1) is 6.94. The minimum absolute atomic E-state index is 2.71. The van der Waals surface area contributed by atoms with Crippen molar-refractivity contribution in [2.75, 3.05) is 0 Å². The molecule has 0 aromatic carbocycles. The summed E-state index contributed by atoms with van der Waals surface area (Å²) in [6, 6.07) is 0. The Balaban J connectivity index is 4.26. The van der Waals surface area contributed by atoms with Gasteiger partial charge in [0, 0.05) is 0 Å². The van der Waals surface area contributed by atoms with E-state index in [2.05, 4.69) is 9.31 Å². The third kappa shape index (κ3) is 4.84. The molecule has 0 rings (SSSR count). The average molecular weight is 256 g/mol. The summed E-state index contributed by atoms with van der Waals surface area (Å²) in [5.74, 6) is -6.26. The van der Waals surface area contributed by atoms with E-state index in [1.807, 2.05) is 0 Å². The maximum absolute atomic E-state index is 12.1. The summed E-state index contributed by atoms with van der Waals surface area (Å²) in [4.78, 5) is 19.7. The number of hydrogen-bond acceptors (Lipinski definition) is 4. The molecule has 92 valence electrons. The molecule has 0 aliphatic rings. The van der Waals surface area contributed by atoms with Crippen LogP contribution in [-0.4, -0.2) is 31.7 Å². The van der Waals surface area contributed by atoms with Gasteiger partial charge in [0.1, 0.15) is 0 Å². The van der Waals surface area contributed by atoms with Gasteiger partial charge in [-0.15, -0.1) is 0 Å². The summed E-state index contributed by atoms with van der Waals surface area (Å²) < 4.78 is 85.8. The Hall–Kier alpha value is -1.49. The fourth-order valence-electron chi connectivity index (χ4n) is 0.326. The van der Waals surface area contributed by atoms with Crippen LogP contribution in [-0.2, 0) is 18.9 Å². The Kier molecular flexibility index (Phi) is 4.15. The summed E-state index contributed by atoms with van der Waals surface area (Å²) in [5, 5.41) is 0. The number of rotatable bonds is 2. The van der Waals surface area contributed by atoms with Gasteiger partial charge in [0.15, 0.2) is 0 Å². The molecule has 0 N–H and O–H groups in total. The van der Waals surface area contributed by atoms with E-state index in [-0.39, 0.29) is 0 Å². The van der Waals surface area contributed by atoms with E-state index in [0.29, 0.717) is 0 Å². The molecule has 0 atom stereocenters. The third-order valence-electron chi connectivity index (χ3n) is 0.862. The lowest BCUT2D eigenvalue weighted by Crippen LogP contribution is -2.36. The highest BCUT2D eigenvalue weighted by molar-refractivity contribution is 6.41. The Morgan fingerprint density at radius 3 is 1.25 bits per heavy atom. The SMILES string of the molecule is O=C(OB(F)OC(=O)C(F)(F)F)C(F)(F)F. The van der Waals surface area contributed by atoms with Gasteiger partial charge >= 0.3 is 31.7 Å². The summed E-state index contributed by atoms with van der Waals surface area (Å²) in [6.45, 7) is 0. The van der Waals surface area contributed by atoms with E-state index in [1.165, 1.54) is 0 Å². The molecule has 4 nitrogen and oxygen atoms in total. The highest BCUT2D eigenvalue weighted by atomic mass is 19.4. The molecule has 16 heavy (non-hydrogen) atoms. The van der Waals surface area contributed by atoms with Gasteiger partial charge in [0.25, 0.3) is 0 Å². The van der Waals surface area contributed by atoms with Crippen LogP contribution in [0.5, 0.6) is 0 Å². The van der Waals surface area contributed by atoms with E-state index < -0.39 is 31.7 Å². The van der Waals surface area contributed by atoms with E-state index in [9.17, 15) is 40.2 Å². The van der Waals surface area contributed by atoms with E-state index >= 15 is 0 Å². The van der Waals surface area contributed by atoms with Gasteiger partial charge in [0.2, 0.25) is 0 Å². The molecule has 0 fully saturated rings. The van der Waals surface area contributed by atoms with Gasteiger partial charge in [-0.2, -0.15) is 26.3 Å². The van der Waals surface area contributed by atoms with Gasteiger partial charge in [-0.05, 0) is 0 Å². The maximum atomic E-state index is 12.1. The monoisotopic (exact) mass is 256 g/mol. The second-order valence-corrected chi connectivity index (χ2v) is 2.08. The van der Waals surface area contributed by atoms with Crippen molar-refractivity contribution in [3.05, 3.63) is 0 Å². The zero-order valence-electron chi connectivity index (χ0n) is 6.86. The quantitative estimate of drug-likeness (QED) is 0.549. The summed E-state index contributed by atoms with van der Waals surface area (Å²) in [6.07, 6.45) is -11.2. The van der Waals surface area contributed by atoms with Gasteiger partial charge in [-0.3, -0.25) is 0 Å². The summed E-state index contributed by atoms with van der Waals surface area (Å²) in [7, 11) is -3.79. The van der Waals surface area contributed by atoms with Crippen molar-refractivity contribution in [3.8, 4) is 0 Å². The average Bonchev–Trinajstić information content (AvgIpc) is 1.99. The number of hydrogen-bond donors (Lipinski definition) is 0. The number of carbonyl (C=O) groups excluding carboxylic acids is 2. The molecule has 0 bridgehead atoms. The third-order valence-corrected chi connectivity index (χ3v) is 0.862. The molecule has 0 saturated heterocycles. The second-order valence-electron chi connectivity index (χ2n) is 2.08. The zero-order chi connectivity index (χ0) is 13.1. The lowest BCUT2D eigenvalue weighted by molar-refractivity contribution is -0.198. The van der Waals surface area contributed by atoms with Crippen molar-refractivity contribution >= 4 is 19.3 Å². The molecule has 0 heterocycles. The molecule has 0 aliphatic heterocycles. The Bertz CT molecular complexity index is 255. The first-order valence-electron chi connectivity index (χ1n) is 3.14. The first-order valence-corrected chi connectivity index (χ1v) is 3.14. The fraction of sp³-hybridized carbons (Fsp3) is 0.500. The minimum Gasteiger partial charge on any atom is -0.463 e. The van der Waals surface area contributed by atoms with Crippen LogP contribution in [0.25, 0.3) is 0 Å². The van der Waals surface area contributed by atoms with Crippen molar-refractivity contribution in [3.63, 3.8) is 0 Å². The lowest BCUT2D eigenvalue weighted by atomic mass is 10.3. The van der Waals surface area contributed by atoms with Crippen LogP contribution < -0.4 is 0 Å². The molecule has 0 aromatic rings. The van der Waals surface area contributed by atoms with E-state index in [1.54, 1.807) is 0 Å². The lowest BCUT2D eigenvalue weighted by Gasteiger charge is -2.09. The highest BCUT2D eigenvalue weighted by Gasteiger charge is 2.49. The second kappa shape index (κ2) is 4.57. The van der Waals surface area contributed by atoms with Gasteiger partial charge in [-0.1, -0.05) is 0 Å². The van der Waals surface area contributed by atoms with Gasteiger partial charge in [-0.25, -0.2) is 13.9 Å². The van der Waals surface area contributed by atoms with Crippen LogP contribution in [0.1, 0.15) is 0 Å². The molecule has 0 spiro atoms. The predicted octanol–water partition coefficient (Wildman–Crippen LogP) is 1.15. The number of carbonyl (C=O) groups is 2. The van der Waals surface area contributed by atoms with E-state index in [0.717, 1.165) is 0 Å². The van der Waals surface area contributed by atoms with Crippen molar-refractivity contribution < 1.29 is 49.6 Å². The van der Waals surface area contributed by atoms with Crippen molar-refractivity contribution in [2.24, 2.45) is 0 Å². The summed E-state index contributed by atoms with van der Waals surface area (Å²) in [5.41, 5.74) is 0. The Labute approximate surface area is 82.5 Å². The molecule has 0 aliphatic carbocycles. The van der Waals surface area contributed by atoms with Gasteiger partial charge < -0.3 is 9.31 Å². The smallest absolute Gasteiger partial charge is 0.463 e. The largest absolute Gasteiger partial charge is 0.834 e. The van der Waals surface area contributed by atoms with Crippen molar-refractivity contribution in [1.82, 2.24) is 0 Å². The molecule has 0 aromatic heterocycles. The van der Waals surface area contributed by atoms with Crippen LogP contribution in [0.2, 0.25) is 0 Å². The Morgan fingerprint density at radius 2 is 1.06 bits per heavy atom. The number of halogens is 7. The van der Waals surface area contributed by atoms with Crippen LogP contribution in [0, 0.1) is 0 Å². The summed E-state index contributed by atoms with van der Waals surface area (Å²) >= 11 is 0. The molecule has 12 heteroatoms. The van der Waals surface area contributed by atoms with Crippen LogP contribution in [0.3, 0.4) is 0 Å². The van der Waals surface area contributed by atoms with Crippen molar-refractivity contribution in [2.45, 2.75) is 12.4 Å². The molecule has 0 unspecified atom stereocenters. The molecular weight excluding hydrogens is 256 g/mol. The highest BCUT2D eigenvalue weighted by Crippen LogP contribution is 2.20. The van der Waals surface area contributed by atoms with Crippen LogP contribution >= 0.6 is 0 Å². The molecular formula is C4BF7O4. The standard InChI is InChI=1S/C4BF7O4/c6-3(7,8)1(13)15-5(12)16-2(14)4(9,10)11. The zero-order valence-corrected chi connectivity index (χ0v) is 6.86. The fourth-order valence-corrected chi connectivity index (χ4v) is 0.326. The van der Waals surface area contributed by atoms with Crippen LogP contribution in [0.4, 0.5) is 30.7 Å². The topological polar surface area (TPSA) is 52.6 Å². The number of alkyl halides is 6. The first kappa shape index (κ1) is 14.5. The molecule has 0 radical (unpaired) electrons.